The molecule has 0 aromatic heterocycles. The number of hydrogen-bond acceptors (Lipinski definition) is 1. The maximum absolute atomic E-state index is 11.0. The van der Waals surface area contributed by atoms with E-state index in [2.05, 4.69) is 21.9 Å². The van der Waals surface area contributed by atoms with Crippen LogP contribution in [0.5, 0.6) is 0 Å². The maximum atomic E-state index is 11.0. The average Bonchev–Trinajstić information content (AvgIpc) is 1.62. The van der Waals surface area contributed by atoms with E-state index < -0.39 is 9.93 Å². The summed E-state index contributed by atoms with van der Waals surface area (Å²) in [5.74, 6) is 2.36. The van der Waals surface area contributed by atoms with Gasteiger partial charge in [-0.2, -0.15) is 0 Å². The topological polar surface area (TPSA) is 17.1 Å². The highest BCUT2D eigenvalue weighted by Gasteiger charge is 2.09. The second-order valence-corrected chi connectivity index (χ2v) is 6.94. The Labute approximate surface area is 59.4 Å². The van der Waals surface area contributed by atoms with Crippen LogP contribution in [0, 0.1) is 12.3 Å². The molecule has 0 saturated carbocycles. The second kappa shape index (κ2) is 2.65. The smallest absolute Gasteiger partial charge is 0.127 e. The third-order valence-electron chi connectivity index (χ3n) is 0.683. The van der Waals surface area contributed by atoms with Crippen LogP contribution in [0.1, 0.15) is 0 Å². The summed E-state index contributed by atoms with van der Waals surface area (Å²) in [6.07, 6.45) is 8.31. The third-order valence-corrected chi connectivity index (χ3v) is 5.15. The average molecular weight is 197 g/mol. The lowest BCUT2D eigenvalue weighted by atomic mass is 10.8. The number of terminal acetylenes is 1. The predicted molar refractivity (Wildman–Crippen MR) is 42.9 cm³/mol. The fraction of sp³-hybridized carbons (Fsp3) is 0.600. The van der Waals surface area contributed by atoms with Gasteiger partial charge >= 0.3 is 0 Å². The number of alkyl halides is 1. The molecule has 1 nitrogen and oxygen atoms in total. The molecule has 8 heavy (non-hydrogen) atoms. The molecular weight excluding hydrogens is 188 g/mol. The van der Waals surface area contributed by atoms with Crippen LogP contribution in [0.2, 0.25) is 0 Å². The van der Waals surface area contributed by atoms with Crippen LogP contribution in [0.3, 0.4) is 0 Å². The molecule has 1 unspecified atom stereocenters. The van der Waals surface area contributed by atoms with E-state index in [1.54, 1.807) is 12.5 Å². The minimum Gasteiger partial charge on any atom is -0.283 e. The molecule has 0 aliphatic rings. The second-order valence-electron chi connectivity index (χ2n) is 1.94. The van der Waals surface area contributed by atoms with Crippen molar-refractivity contribution in [1.29, 1.82) is 0 Å². The van der Waals surface area contributed by atoms with Gasteiger partial charge in [-0.15, -0.1) is 6.42 Å². The number of hydrogen-bond donors (Lipinski definition) is 1. The van der Waals surface area contributed by atoms with E-state index in [1.807, 2.05) is 0 Å². The molecule has 0 amide bonds. The van der Waals surface area contributed by atoms with Gasteiger partial charge in [-0.1, -0.05) is 31.8 Å². The first kappa shape index (κ1) is 8.19. The van der Waals surface area contributed by atoms with Crippen molar-refractivity contribution in [3.8, 4) is 12.3 Å². The van der Waals surface area contributed by atoms with Crippen LogP contribution in [0.25, 0.3) is 0 Å². The van der Waals surface area contributed by atoms with Crippen LogP contribution in [0.15, 0.2) is 0 Å². The molecule has 0 radical (unpaired) electrons. The Morgan fingerprint density at radius 2 is 2.12 bits per heavy atom. The lowest BCUT2D eigenvalue weighted by Gasteiger charge is -2.12. The summed E-state index contributed by atoms with van der Waals surface area (Å²) in [5.41, 5.74) is 0. The first-order valence-corrected chi connectivity index (χ1v) is 5.72. The van der Waals surface area contributed by atoms with E-state index in [9.17, 15) is 4.21 Å². The van der Waals surface area contributed by atoms with Gasteiger partial charge in [0.2, 0.25) is 0 Å². The molecule has 0 fully saturated rings. The predicted octanol–water partition coefficient (Wildman–Crippen LogP) is 0.617. The van der Waals surface area contributed by atoms with Gasteiger partial charge in [0.25, 0.3) is 0 Å². The molecule has 0 aliphatic carbocycles. The van der Waals surface area contributed by atoms with Gasteiger partial charge in [0, 0.05) is 0 Å². The van der Waals surface area contributed by atoms with Crippen molar-refractivity contribution in [2.24, 2.45) is 0 Å². The molecule has 0 heterocycles. The summed E-state index contributed by atoms with van der Waals surface area (Å²) in [6.45, 7) is 0. The van der Waals surface area contributed by atoms with Crippen molar-refractivity contribution in [2.45, 2.75) is 4.16 Å². The summed E-state index contributed by atoms with van der Waals surface area (Å²) < 4.78 is 10.7. The van der Waals surface area contributed by atoms with E-state index >= 15 is 0 Å². The SMILES string of the molecule is C#CC(Br)[SH](C)(C)=O. The summed E-state index contributed by atoms with van der Waals surface area (Å²) in [7, 11) is -2.08. The highest BCUT2D eigenvalue weighted by molar-refractivity contribution is 9.11. The Morgan fingerprint density at radius 1 is 1.75 bits per heavy atom. The summed E-state index contributed by atoms with van der Waals surface area (Å²) in [6, 6.07) is 0. The van der Waals surface area contributed by atoms with Crippen molar-refractivity contribution < 1.29 is 4.21 Å². The number of thiol groups is 1. The van der Waals surface area contributed by atoms with Crippen LogP contribution in [-0.2, 0) is 9.93 Å². The van der Waals surface area contributed by atoms with Crippen LogP contribution in [0.4, 0.5) is 0 Å². The van der Waals surface area contributed by atoms with Gasteiger partial charge in [0.15, 0.2) is 0 Å². The zero-order valence-corrected chi connectivity index (χ0v) is 7.37. The summed E-state index contributed by atoms with van der Waals surface area (Å²) in [5, 5.41) is 0. The zero-order valence-electron chi connectivity index (χ0n) is 4.89. The summed E-state index contributed by atoms with van der Waals surface area (Å²) >= 11 is 3.10. The molecule has 0 aromatic carbocycles. The van der Waals surface area contributed by atoms with Crippen molar-refractivity contribution in [3.05, 3.63) is 0 Å². The molecule has 48 valence electrons. The van der Waals surface area contributed by atoms with Gasteiger partial charge in [-0.3, -0.25) is 4.21 Å². The van der Waals surface area contributed by atoms with Gasteiger partial charge in [-0.25, -0.2) is 0 Å². The van der Waals surface area contributed by atoms with Crippen molar-refractivity contribution >= 4 is 25.9 Å². The minimum atomic E-state index is -2.08. The Bertz CT molecular complexity index is 152. The van der Waals surface area contributed by atoms with Gasteiger partial charge in [0.05, 0.1) is 0 Å². The van der Waals surface area contributed by atoms with E-state index in [-0.39, 0.29) is 4.16 Å². The van der Waals surface area contributed by atoms with Crippen LogP contribution >= 0.6 is 15.9 Å². The Balaban J connectivity index is 4.09. The number of halogens is 1. The normalized spacial score (nSPS) is 16.8. The zero-order chi connectivity index (χ0) is 6.78. The van der Waals surface area contributed by atoms with E-state index in [1.165, 1.54) is 0 Å². The van der Waals surface area contributed by atoms with Crippen molar-refractivity contribution in [2.75, 3.05) is 12.5 Å². The Morgan fingerprint density at radius 3 is 2.12 bits per heavy atom. The molecule has 0 saturated heterocycles. The lowest BCUT2D eigenvalue weighted by molar-refractivity contribution is 0.680. The van der Waals surface area contributed by atoms with Crippen molar-refractivity contribution in [3.63, 3.8) is 0 Å². The molecule has 0 rings (SSSR count). The van der Waals surface area contributed by atoms with Gasteiger partial charge < -0.3 is 0 Å². The minimum absolute atomic E-state index is 0.255. The molecule has 0 N–H and O–H groups in total. The molecular formula is C5H9BrOS. The quantitative estimate of drug-likeness (QED) is 0.370. The highest BCUT2D eigenvalue weighted by atomic mass is 79.9. The molecule has 0 bridgehead atoms. The fourth-order valence-corrected chi connectivity index (χ4v) is 0.539. The molecule has 0 aromatic rings. The van der Waals surface area contributed by atoms with E-state index in [0.717, 1.165) is 0 Å². The van der Waals surface area contributed by atoms with Crippen LogP contribution < -0.4 is 0 Å². The Kier molecular flexibility index (Phi) is 2.72. The summed E-state index contributed by atoms with van der Waals surface area (Å²) in [4.78, 5) is 0. The monoisotopic (exact) mass is 196 g/mol. The standard InChI is InChI=1S/C5H9BrOS/c1-4-5(6)8(2,3)7/h1,5,8H,2-3H3. The fourth-order valence-electron chi connectivity index (χ4n) is 0.180. The molecule has 0 spiro atoms. The van der Waals surface area contributed by atoms with Crippen molar-refractivity contribution in [1.82, 2.24) is 0 Å². The Hall–Kier alpha value is 0.190. The third kappa shape index (κ3) is 2.49. The molecule has 0 aliphatic heterocycles. The lowest BCUT2D eigenvalue weighted by Crippen LogP contribution is -2.17. The first-order chi connectivity index (χ1) is 3.48. The maximum Gasteiger partial charge on any atom is 0.127 e. The number of rotatable bonds is 1. The molecule has 3 heteroatoms. The highest BCUT2D eigenvalue weighted by Crippen LogP contribution is 2.10. The molecule has 1 atom stereocenters. The first-order valence-electron chi connectivity index (χ1n) is 2.13. The van der Waals surface area contributed by atoms with Crippen LogP contribution in [-0.4, -0.2) is 20.9 Å². The van der Waals surface area contributed by atoms with Gasteiger partial charge in [-0.05, 0) is 12.5 Å². The van der Waals surface area contributed by atoms with E-state index in [0.29, 0.717) is 0 Å². The van der Waals surface area contributed by atoms with Gasteiger partial charge in [0.1, 0.15) is 4.16 Å². The van der Waals surface area contributed by atoms with E-state index in [4.69, 9.17) is 6.42 Å². The largest absolute Gasteiger partial charge is 0.283 e.